The summed E-state index contributed by atoms with van der Waals surface area (Å²) >= 11 is 0. The first-order valence-electron chi connectivity index (χ1n) is 13.1. The van der Waals surface area contributed by atoms with Crippen molar-refractivity contribution in [2.75, 3.05) is 11.9 Å². The molecule has 210 valence electrons. The Bertz CT molecular complexity index is 1540. The van der Waals surface area contributed by atoms with Gasteiger partial charge in [-0.3, -0.25) is 19.1 Å². The molecular weight excluding hydrogens is 525 g/mol. The lowest BCUT2D eigenvalue weighted by Crippen LogP contribution is -2.40. The minimum atomic E-state index is -4.62. The smallest absolute Gasteiger partial charge is 0.352 e. The Hall–Kier alpha value is -4.26. The normalized spacial score (nSPS) is 17.0. The second-order valence-electron chi connectivity index (χ2n) is 9.86. The zero-order valence-electron chi connectivity index (χ0n) is 21.8. The summed E-state index contributed by atoms with van der Waals surface area (Å²) in [6.07, 6.45) is 3.96. The summed E-state index contributed by atoms with van der Waals surface area (Å²) in [5.41, 5.74) is 7.09. The molecule has 10 nitrogen and oxygen atoms in total. The highest BCUT2D eigenvalue weighted by Gasteiger charge is 2.37. The number of nitrogens with two attached hydrogens (primary N) is 1. The number of alkyl halides is 3. The van der Waals surface area contributed by atoms with E-state index in [-0.39, 0.29) is 34.9 Å². The van der Waals surface area contributed by atoms with Gasteiger partial charge in [0.05, 0.1) is 17.5 Å². The van der Waals surface area contributed by atoms with E-state index >= 15 is 0 Å². The van der Waals surface area contributed by atoms with Crippen molar-refractivity contribution >= 4 is 28.8 Å². The number of carbonyl (C=O) groups is 2. The molecule has 0 aliphatic heterocycles. The first-order valence-corrected chi connectivity index (χ1v) is 13.1. The molecule has 5 N–H and O–H groups in total. The minimum Gasteiger partial charge on any atom is -0.352 e. The van der Waals surface area contributed by atoms with Crippen LogP contribution in [0.1, 0.15) is 54.2 Å². The standard InChI is InChI=1S/C27H29F3N8O2/c1-2-15-12-18(5-6-19(15)26(40)33-7-3-4-22(39)16-10-17(31)11-16)36-24-25-34-14-21(38(25)9-8-32-24)20-13-35-37-23(20)27(28,29)30/h5-6,8-9,12-14,16-17H,2-4,7,10-11,31H2,1H3,(H,32,36)(H,33,40)(H,35,37)/t16-,17+. The number of nitrogens with one attached hydrogen (secondary N) is 3. The molecule has 4 aromatic rings. The number of carbonyl (C=O) groups excluding carboxylic acids is 2. The number of Topliss-reactive ketones (excluding diaryl/α,β-unsaturated/α-hetero) is 1. The summed E-state index contributed by atoms with van der Waals surface area (Å²) in [5, 5.41) is 11.7. The van der Waals surface area contributed by atoms with Crippen LogP contribution < -0.4 is 16.4 Å². The highest BCUT2D eigenvalue weighted by Crippen LogP contribution is 2.36. The van der Waals surface area contributed by atoms with E-state index in [2.05, 4.69) is 30.8 Å². The maximum atomic E-state index is 13.4. The van der Waals surface area contributed by atoms with Gasteiger partial charge in [-0.1, -0.05) is 6.92 Å². The number of aromatic amines is 1. The van der Waals surface area contributed by atoms with Gasteiger partial charge in [0.2, 0.25) is 0 Å². The van der Waals surface area contributed by atoms with E-state index in [1.54, 1.807) is 12.1 Å². The Balaban J connectivity index is 1.27. The maximum absolute atomic E-state index is 13.4. The van der Waals surface area contributed by atoms with Crippen LogP contribution in [0.4, 0.5) is 24.7 Å². The Morgan fingerprint density at radius 2 is 2.02 bits per heavy atom. The molecule has 13 heteroatoms. The largest absolute Gasteiger partial charge is 0.435 e. The number of aryl methyl sites for hydroxylation is 1. The molecule has 5 rings (SSSR count). The SMILES string of the molecule is CCc1cc(Nc2nccn3c(-c4c[nH]nc4C(F)(F)F)cnc23)ccc1C(=O)NCCCC(=O)[C@H]1C[C@@H](N)C1. The van der Waals surface area contributed by atoms with Crippen molar-refractivity contribution in [3.63, 3.8) is 0 Å². The summed E-state index contributed by atoms with van der Waals surface area (Å²) in [6, 6.07) is 5.39. The van der Waals surface area contributed by atoms with Gasteiger partial charge in [-0.05, 0) is 49.4 Å². The Morgan fingerprint density at radius 1 is 1.23 bits per heavy atom. The molecule has 1 aliphatic carbocycles. The Kier molecular flexibility index (Phi) is 7.57. The molecule has 1 amide bonds. The van der Waals surface area contributed by atoms with Crippen molar-refractivity contribution in [3.05, 3.63) is 59.8 Å². The van der Waals surface area contributed by atoms with Crippen LogP contribution in [0.15, 0.2) is 43.0 Å². The van der Waals surface area contributed by atoms with Crippen molar-refractivity contribution < 1.29 is 22.8 Å². The number of hydrogen-bond donors (Lipinski definition) is 4. The molecule has 3 aromatic heterocycles. The number of aromatic nitrogens is 5. The van der Waals surface area contributed by atoms with E-state index in [0.29, 0.717) is 48.5 Å². The van der Waals surface area contributed by atoms with Gasteiger partial charge in [-0.25, -0.2) is 9.97 Å². The van der Waals surface area contributed by atoms with Gasteiger partial charge >= 0.3 is 6.18 Å². The second-order valence-corrected chi connectivity index (χ2v) is 9.86. The number of anilines is 2. The average Bonchev–Trinajstić information content (AvgIpc) is 3.57. The van der Waals surface area contributed by atoms with Crippen LogP contribution in [0.5, 0.6) is 0 Å². The third-order valence-corrected chi connectivity index (χ3v) is 7.12. The molecule has 40 heavy (non-hydrogen) atoms. The van der Waals surface area contributed by atoms with Crippen LogP contribution in [0.25, 0.3) is 16.9 Å². The Labute approximate surface area is 227 Å². The van der Waals surface area contributed by atoms with Gasteiger partial charge in [-0.2, -0.15) is 18.3 Å². The van der Waals surface area contributed by atoms with E-state index < -0.39 is 11.9 Å². The van der Waals surface area contributed by atoms with Crippen molar-refractivity contribution in [3.8, 4) is 11.3 Å². The topological polar surface area (TPSA) is 143 Å². The van der Waals surface area contributed by atoms with Gasteiger partial charge < -0.3 is 16.4 Å². The van der Waals surface area contributed by atoms with E-state index in [4.69, 9.17) is 5.73 Å². The van der Waals surface area contributed by atoms with E-state index in [1.165, 1.54) is 29.2 Å². The summed E-state index contributed by atoms with van der Waals surface area (Å²) in [5.74, 6) is 0.385. The predicted octanol–water partition coefficient (Wildman–Crippen LogP) is 4.26. The van der Waals surface area contributed by atoms with Crippen LogP contribution in [0.3, 0.4) is 0 Å². The maximum Gasteiger partial charge on any atom is 0.435 e. The number of halogens is 3. The number of benzene rings is 1. The van der Waals surface area contributed by atoms with Crippen LogP contribution in [-0.4, -0.2) is 48.8 Å². The molecule has 0 unspecified atom stereocenters. The molecule has 0 radical (unpaired) electrons. The molecular formula is C27H29F3N8O2. The van der Waals surface area contributed by atoms with E-state index in [9.17, 15) is 22.8 Å². The summed E-state index contributed by atoms with van der Waals surface area (Å²) in [6.45, 7) is 2.33. The van der Waals surface area contributed by atoms with Crippen molar-refractivity contribution in [1.29, 1.82) is 0 Å². The number of ketones is 1. The Morgan fingerprint density at radius 3 is 2.75 bits per heavy atom. The van der Waals surface area contributed by atoms with Crippen molar-refractivity contribution in [1.82, 2.24) is 29.9 Å². The lowest BCUT2D eigenvalue weighted by Gasteiger charge is -2.31. The molecule has 0 saturated heterocycles. The number of fused-ring (bicyclic) bond motifs is 1. The highest BCUT2D eigenvalue weighted by atomic mass is 19.4. The van der Waals surface area contributed by atoms with E-state index in [0.717, 1.165) is 18.4 Å². The van der Waals surface area contributed by atoms with Crippen molar-refractivity contribution in [2.24, 2.45) is 11.7 Å². The van der Waals surface area contributed by atoms with Gasteiger partial charge in [0.15, 0.2) is 17.2 Å². The van der Waals surface area contributed by atoms with Crippen LogP contribution in [-0.2, 0) is 17.4 Å². The third kappa shape index (κ3) is 5.55. The van der Waals surface area contributed by atoms with E-state index in [1.807, 2.05) is 13.0 Å². The first kappa shape index (κ1) is 27.3. The molecule has 0 bridgehead atoms. The number of nitrogens with zero attached hydrogens (tertiary/aromatic N) is 4. The number of rotatable bonds is 10. The molecule has 0 spiro atoms. The third-order valence-electron chi connectivity index (χ3n) is 7.12. The predicted molar refractivity (Wildman–Crippen MR) is 142 cm³/mol. The first-order chi connectivity index (χ1) is 19.2. The number of H-pyrrole nitrogens is 1. The quantitative estimate of drug-likeness (QED) is 0.215. The van der Waals surface area contributed by atoms with Crippen LogP contribution in [0, 0.1) is 5.92 Å². The molecule has 3 heterocycles. The highest BCUT2D eigenvalue weighted by molar-refractivity contribution is 5.96. The average molecular weight is 555 g/mol. The summed E-state index contributed by atoms with van der Waals surface area (Å²) in [7, 11) is 0. The number of hydrogen-bond acceptors (Lipinski definition) is 7. The zero-order chi connectivity index (χ0) is 28.4. The lowest BCUT2D eigenvalue weighted by molar-refractivity contribution is -0.140. The van der Waals surface area contributed by atoms with Gasteiger partial charge in [0, 0.05) is 54.8 Å². The fraction of sp³-hybridized carbons (Fsp3) is 0.370. The lowest BCUT2D eigenvalue weighted by atomic mass is 9.77. The van der Waals surface area contributed by atoms with Gasteiger partial charge in [0.1, 0.15) is 5.78 Å². The molecule has 1 aromatic carbocycles. The fourth-order valence-corrected chi connectivity index (χ4v) is 4.92. The minimum absolute atomic E-state index is 0.0642. The van der Waals surface area contributed by atoms with Gasteiger partial charge in [0.25, 0.3) is 5.91 Å². The zero-order valence-corrected chi connectivity index (χ0v) is 21.8. The molecule has 1 fully saturated rings. The van der Waals surface area contributed by atoms with Crippen molar-refractivity contribution in [2.45, 2.75) is 51.2 Å². The molecule has 1 saturated carbocycles. The monoisotopic (exact) mass is 554 g/mol. The van der Waals surface area contributed by atoms with Crippen LogP contribution in [0.2, 0.25) is 0 Å². The number of amides is 1. The number of imidazole rings is 1. The summed E-state index contributed by atoms with van der Waals surface area (Å²) < 4.78 is 41.7. The second kappa shape index (κ2) is 11.1. The van der Waals surface area contributed by atoms with Crippen LogP contribution >= 0.6 is 0 Å². The van der Waals surface area contributed by atoms with Gasteiger partial charge in [-0.15, -0.1) is 0 Å². The molecule has 0 atom stereocenters. The summed E-state index contributed by atoms with van der Waals surface area (Å²) in [4.78, 5) is 33.6. The fourth-order valence-electron chi connectivity index (χ4n) is 4.92. The molecule has 1 aliphatic rings.